The lowest BCUT2D eigenvalue weighted by atomic mass is 9.79. The van der Waals surface area contributed by atoms with Crippen LogP contribution in [0.3, 0.4) is 0 Å². The van der Waals surface area contributed by atoms with E-state index >= 15 is 0 Å². The molecule has 0 spiro atoms. The molecule has 1 fully saturated rings. The molecule has 1 aromatic rings. The molecule has 0 amide bonds. The Morgan fingerprint density at radius 1 is 1.44 bits per heavy atom. The summed E-state index contributed by atoms with van der Waals surface area (Å²) in [5, 5.41) is 13.5. The summed E-state index contributed by atoms with van der Waals surface area (Å²) in [5.41, 5.74) is 6.13. The molecule has 4 heteroatoms. The molecule has 18 heavy (non-hydrogen) atoms. The number of benzene rings is 1. The zero-order valence-electron chi connectivity index (χ0n) is 10.7. The summed E-state index contributed by atoms with van der Waals surface area (Å²) < 4.78 is 13.1. The summed E-state index contributed by atoms with van der Waals surface area (Å²) in [6, 6.07) is 4.23. The van der Waals surface area contributed by atoms with Crippen molar-refractivity contribution in [2.24, 2.45) is 5.92 Å². The smallest absolute Gasteiger partial charge is 0.125 e. The number of rotatable bonds is 3. The van der Waals surface area contributed by atoms with E-state index in [1.165, 1.54) is 18.2 Å². The van der Waals surface area contributed by atoms with Crippen LogP contribution in [0, 0.1) is 11.7 Å². The Hall–Kier alpha value is -1.29. The van der Waals surface area contributed by atoms with Crippen LogP contribution in [-0.4, -0.2) is 17.3 Å². The first-order chi connectivity index (χ1) is 8.48. The van der Waals surface area contributed by atoms with Gasteiger partial charge in [-0.2, -0.15) is 0 Å². The van der Waals surface area contributed by atoms with Crippen molar-refractivity contribution in [3.63, 3.8) is 0 Å². The molecule has 0 heterocycles. The lowest BCUT2D eigenvalue weighted by Gasteiger charge is -2.35. The third-order valence-corrected chi connectivity index (χ3v) is 3.83. The Bertz CT molecular complexity index is 414. The quantitative estimate of drug-likeness (QED) is 0.725. The summed E-state index contributed by atoms with van der Waals surface area (Å²) in [4.78, 5) is 0. The summed E-state index contributed by atoms with van der Waals surface area (Å²) in [7, 11) is 0. The van der Waals surface area contributed by atoms with Gasteiger partial charge in [-0.25, -0.2) is 4.39 Å². The van der Waals surface area contributed by atoms with Gasteiger partial charge in [0.05, 0.1) is 17.0 Å². The van der Waals surface area contributed by atoms with E-state index in [1.54, 1.807) is 0 Å². The molecule has 1 aromatic carbocycles. The minimum Gasteiger partial charge on any atom is -0.397 e. The molecule has 0 aliphatic heterocycles. The number of nitrogen functional groups attached to an aromatic ring is 1. The van der Waals surface area contributed by atoms with Crippen LogP contribution < -0.4 is 11.1 Å². The van der Waals surface area contributed by atoms with Crippen LogP contribution in [0.15, 0.2) is 18.2 Å². The van der Waals surface area contributed by atoms with Gasteiger partial charge in [0.15, 0.2) is 0 Å². The van der Waals surface area contributed by atoms with Gasteiger partial charge in [-0.15, -0.1) is 0 Å². The highest BCUT2D eigenvalue weighted by Crippen LogP contribution is 2.32. The number of hydrogen-bond acceptors (Lipinski definition) is 3. The molecule has 1 aliphatic carbocycles. The third kappa shape index (κ3) is 3.13. The Morgan fingerprint density at radius 2 is 2.11 bits per heavy atom. The topological polar surface area (TPSA) is 58.3 Å². The molecule has 0 unspecified atom stereocenters. The van der Waals surface area contributed by atoms with Gasteiger partial charge < -0.3 is 16.2 Å². The lowest BCUT2D eigenvalue weighted by molar-refractivity contribution is 0.00502. The van der Waals surface area contributed by atoms with Gasteiger partial charge in [0, 0.05) is 6.54 Å². The normalized spacial score (nSPS) is 28.1. The second-order valence-electron chi connectivity index (χ2n) is 5.49. The van der Waals surface area contributed by atoms with E-state index in [9.17, 15) is 9.50 Å². The van der Waals surface area contributed by atoms with Crippen molar-refractivity contribution in [1.82, 2.24) is 0 Å². The van der Waals surface area contributed by atoms with E-state index in [1.807, 2.05) is 0 Å². The van der Waals surface area contributed by atoms with Gasteiger partial charge in [-0.3, -0.25) is 0 Å². The second-order valence-corrected chi connectivity index (χ2v) is 5.49. The fraction of sp³-hybridized carbons (Fsp3) is 0.571. The number of anilines is 2. The fourth-order valence-corrected chi connectivity index (χ4v) is 2.42. The summed E-state index contributed by atoms with van der Waals surface area (Å²) >= 11 is 0. The maximum atomic E-state index is 13.1. The molecule has 0 radical (unpaired) electrons. The molecule has 1 saturated carbocycles. The van der Waals surface area contributed by atoms with Crippen molar-refractivity contribution in [1.29, 1.82) is 0 Å². The molecule has 0 atom stereocenters. The molecular formula is C14H21FN2O. The summed E-state index contributed by atoms with van der Waals surface area (Å²) in [6.45, 7) is 2.63. The Labute approximate surface area is 107 Å². The lowest BCUT2D eigenvalue weighted by Crippen LogP contribution is -2.40. The zero-order valence-corrected chi connectivity index (χ0v) is 10.7. The van der Waals surface area contributed by atoms with Gasteiger partial charge in [0.25, 0.3) is 0 Å². The monoisotopic (exact) mass is 252 g/mol. The Kier molecular flexibility index (Phi) is 3.76. The minimum atomic E-state index is -0.689. The van der Waals surface area contributed by atoms with Crippen LogP contribution in [0.2, 0.25) is 0 Å². The third-order valence-electron chi connectivity index (χ3n) is 3.83. The van der Waals surface area contributed by atoms with Crippen molar-refractivity contribution in [2.75, 3.05) is 17.6 Å². The molecule has 1 aliphatic rings. The van der Waals surface area contributed by atoms with Crippen LogP contribution in [0.1, 0.15) is 32.6 Å². The maximum Gasteiger partial charge on any atom is 0.125 e. The molecule has 3 nitrogen and oxygen atoms in total. The molecule has 100 valence electrons. The predicted molar refractivity (Wildman–Crippen MR) is 71.9 cm³/mol. The summed E-state index contributed by atoms with van der Waals surface area (Å²) in [5.74, 6) is 0.362. The van der Waals surface area contributed by atoms with Crippen LogP contribution in [0.25, 0.3) is 0 Å². The van der Waals surface area contributed by atoms with Crippen LogP contribution >= 0.6 is 0 Å². The van der Waals surface area contributed by atoms with E-state index in [4.69, 9.17) is 5.73 Å². The largest absolute Gasteiger partial charge is 0.397 e. The van der Waals surface area contributed by atoms with Crippen LogP contribution in [0.4, 0.5) is 15.8 Å². The maximum absolute atomic E-state index is 13.1. The minimum absolute atomic E-state index is 0.323. The predicted octanol–water partition coefficient (Wildman–Crippen LogP) is 2.76. The van der Waals surface area contributed by atoms with Crippen molar-refractivity contribution in [2.45, 2.75) is 38.2 Å². The molecule has 2 rings (SSSR count). The van der Waals surface area contributed by atoms with Gasteiger partial charge in [-0.05, 0) is 49.8 Å². The number of nitrogens with one attached hydrogen (secondary N) is 1. The average molecular weight is 252 g/mol. The Morgan fingerprint density at radius 3 is 2.78 bits per heavy atom. The number of aliphatic hydroxyl groups is 1. The van der Waals surface area contributed by atoms with E-state index in [2.05, 4.69) is 12.2 Å². The van der Waals surface area contributed by atoms with E-state index in [0.29, 0.717) is 23.8 Å². The van der Waals surface area contributed by atoms with Gasteiger partial charge in [0.1, 0.15) is 5.82 Å². The van der Waals surface area contributed by atoms with Crippen molar-refractivity contribution in [3.8, 4) is 0 Å². The summed E-state index contributed by atoms with van der Waals surface area (Å²) in [6.07, 6.45) is 3.65. The second kappa shape index (κ2) is 5.14. The van der Waals surface area contributed by atoms with Crippen LogP contribution in [0.5, 0.6) is 0 Å². The van der Waals surface area contributed by atoms with Gasteiger partial charge in [0.2, 0.25) is 0 Å². The van der Waals surface area contributed by atoms with Gasteiger partial charge in [-0.1, -0.05) is 6.92 Å². The number of halogens is 1. The standard InChI is InChI=1S/C14H21FN2O/c1-10-4-6-14(18,7-5-10)9-17-13-8-11(15)2-3-12(13)16/h2-3,8,10,17-18H,4-7,9,16H2,1H3. The van der Waals surface area contributed by atoms with Crippen molar-refractivity contribution < 1.29 is 9.50 Å². The van der Waals surface area contributed by atoms with Crippen molar-refractivity contribution >= 4 is 11.4 Å². The molecule has 0 bridgehead atoms. The van der Waals surface area contributed by atoms with E-state index < -0.39 is 5.60 Å². The van der Waals surface area contributed by atoms with E-state index in [-0.39, 0.29) is 5.82 Å². The first-order valence-corrected chi connectivity index (χ1v) is 6.50. The SMILES string of the molecule is CC1CCC(O)(CNc2cc(F)ccc2N)CC1. The Balaban J connectivity index is 1.96. The van der Waals surface area contributed by atoms with E-state index in [0.717, 1.165) is 25.7 Å². The highest BCUT2D eigenvalue weighted by atomic mass is 19.1. The number of nitrogens with two attached hydrogens (primary N) is 1. The number of hydrogen-bond donors (Lipinski definition) is 3. The molecule has 0 aromatic heterocycles. The van der Waals surface area contributed by atoms with Gasteiger partial charge >= 0.3 is 0 Å². The van der Waals surface area contributed by atoms with Crippen molar-refractivity contribution in [3.05, 3.63) is 24.0 Å². The first kappa shape index (κ1) is 13.1. The molecular weight excluding hydrogens is 231 g/mol. The highest BCUT2D eigenvalue weighted by molar-refractivity contribution is 5.65. The zero-order chi connectivity index (χ0) is 13.2. The van der Waals surface area contributed by atoms with Crippen LogP contribution in [-0.2, 0) is 0 Å². The first-order valence-electron chi connectivity index (χ1n) is 6.50. The highest BCUT2D eigenvalue weighted by Gasteiger charge is 2.31. The molecule has 4 N–H and O–H groups in total. The average Bonchev–Trinajstić information content (AvgIpc) is 2.35. The fourth-order valence-electron chi connectivity index (χ4n) is 2.42. The molecule has 0 saturated heterocycles.